The Labute approximate surface area is 124 Å². The second-order valence-electron chi connectivity index (χ2n) is 3.96. The second-order valence-corrected chi connectivity index (χ2v) is 3.96. The summed E-state index contributed by atoms with van der Waals surface area (Å²) in [5.41, 5.74) is 0. The first kappa shape index (κ1) is 13.5. The third-order valence-electron chi connectivity index (χ3n) is 3.34. The average Bonchev–Trinajstić information content (AvgIpc) is 2.46. The summed E-state index contributed by atoms with van der Waals surface area (Å²) in [6, 6.07) is 0. The van der Waals surface area contributed by atoms with Crippen molar-refractivity contribution in [3.63, 3.8) is 0 Å². The SMILES string of the molecule is F[B-](F)(F)C12CCOCC1CNC2.[K+]. The first-order chi connectivity index (χ1) is 6.06. The zero-order valence-corrected chi connectivity index (χ0v) is 11.4. The molecule has 76 valence electrons. The largest absolute Gasteiger partial charge is 1.00 e. The smallest absolute Gasteiger partial charge is 0.448 e. The van der Waals surface area contributed by atoms with E-state index in [0.29, 0.717) is 6.54 Å². The summed E-state index contributed by atoms with van der Waals surface area (Å²) >= 11 is 0. The van der Waals surface area contributed by atoms with Crippen molar-refractivity contribution in [2.24, 2.45) is 5.92 Å². The minimum absolute atomic E-state index is 0. The van der Waals surface area contributed by atoms with Crippen LogP contribution >= 0.6 is 0 Å². The summed E-state index contributed by atoms with van der Waals surface area (Å²) in [7, 11) is 0. The Morgan fingerprint density at radius 2 is 2.07 bits per heavy atom. The minimum atomic E-state index is -4.75. The van der Waals surface area contributed by atoms with Gasteiger partial charge in [0, 0.05) is 13.2 Å². The molecule has 2 heterocycles. The fourth-order valence-electron chi connectivity index (χ4n) is 2.38. The normalized spacial score (nSPS) is 37.5. The van der Waals surface area contributed by atoms with Gasteiger partial charge in [-0.1, -0.05) is 0 Å². The van der Waals surface area contributed by atoms with Crippen LogP contribution in [0, 0.1) is 5.92 Å². The molecule has 2 nitrogen and oxygen atoms in total. The van der Waals surface area contributed by atoms with Gasteiger partial charge < -0.3 is 23.0 Å². The molecule has 0 aliphatic carbocycles. The molecule has 0 spiro atoms. The molecular weight excluding hydrogens is 221 g/mol. The van der Waals surface area contributed by atoms with Crippen LogP contribution in [-0.2, 0) is 4.74 Å². The summed E-state index contributed by atoms with van der Waals surface area (Å²) < 4.78 is 43.6. The molecule has 2 saturated heterocycles. The van der Waals surface area contributed by atoms with E-state index in [1.54, 1.807) is 0 Å². The van der Waals surface area contributed by atoms with Gasteiger partial charge in [0.25, 0.3) is 0 Å². The predicted octanol–water partition coefficient (Wildman–Crippen LogP) is -1.78. The van der Waals surface area contributed by atoms with E-state index in [1.165, 1.54) is 0 Å². The molecule has 0 amide bonds. The van der Waals surface area contributed by atoms with Gasteiger partial charge in [0.1, 0.15) is 0 Å². The van der Waals surface area contributed by atoms with Crippen LogP contribution in [0.4, 0.5) is 12.9 Å². The molecule has 0 aromatic rings. The van der Waals surface area contributed by atoms with Crippen molar-refractivity contribution in [2.75, 3.05) is 26.3 Å². The van der Waals surface area contributed by atoms with E-state index in [9.17, 15) is 12.9 Å². The van der Waals surface area contributed by atoms with E-state index in [2.05, 4.69) is 5.32 Å². The predicted molar refractivity (Wildman–Crippen MR) is 43.6 cm³/mol. The number of rotatable bonds is 1. The number of nitrogens with one attached hydrogen (secondary N) is 1. The quantitative estimate of drug-likeness (QED) is 0.540. The molecule has 2 aliphatic rings. The molecular formula is C7H12BF3KNO. The molecule has 0 bridgehead atoms. The molecule has 2 aliphatic heterocycles. The third-order valence-corrected chi connectivity index (χ3v) is 3.34. The van der Waals surface area contributed by atoms with Gasteiger partial charge in [-0.15, -0.1) is 0 Å². The summed E-state index contributed by atoms with van der Waals surface area (Å²) in [5.74, 6) is -0.360. The van der Waals surface area contributed by atoms with E-state index in [-0.39, 0.29) is 83.5 Å². The number of fused-ring (bicyclic) bond motifs is 1. The topological polar surface area (TPSA) is 21.3 Å². The Balaban J connectivity index is 0.000000980. The van der Waals surface area contributed by atoms with Crippen LogP contribution in [0.3, 0.4) is 0 Å². The Kier molecular flexibility index (Phi) is 4.55. The summed E-state index contributed by atoms with van der Waals surface area (Å²) in [6.45, 7) is -3.71. The molecule has 0 saturated carbocycles. The van der Waals surface area contributed by atoms with Crippen molar-refractivity contribution in [3.8, 4) is 0 Å². The maximum atomic E-state index is 12.9. The van der Waals surface area contributed by atoms with Gasteiger partial charge >= 0.3 is 58.4 Å². The van der Waals surface area contributed by atoms with Gasteiger partial charge in [0.2, 0.25) is 0 Å². The van der Waals surface area contributed by atoms with E-state index >= 15 is 0 Å². The van der Waals surface area contributed by atoms with E-state index in [1.807, 2.05) is 0 Å². The van der Waals surface area contributed by atoms with Crippen molar-refractivity contribution in [1.29, 1.82) is 0 Å². The van der Waals surface area contributed by atoms with E-state index < -0.39 is 12.3 Å². The van der Waals surface area contributed by atoms with Crippen LogP contribution in [0.15, 0.2) is 0 Å². The van der Waals surface area contributed by atoms with E-state index in [4.69, 9.17) is 4.74 Å². The first-order valence-corrected chi connectivity index (χ1v) is 4.54. The molecule has 2 atom stereocenters. The van der Waals surface area contributed by atoms with Gasteiger partial charge in [0.15, 0.2) is 0 Å². The molecule has 14 heavy (non-hydrogen) atoms. The van der Waals surface area contributed by atoms with Gasteiger partial charge in [0.05, 0.1) is 0 Å². The third kappa shape index (κ3) is 2.09. The summed E-state index contributed by atoms with van der Waals surface area (Å²) in [6.07, 6.45) is 0.133. The Bertz CT molecular complexity index is 216. The molecule has 2 fully saturated rings. The fourth-order valence-corrected chi connectivity index (χ4v) is 2.38. The van der Waals surface area contributed by atoms with Gasteiger partial charge in [-0.3, -0.25) is 0 Å². The van der Waals surface area contributed by atoms with Crippen molar-refractivity contribution >= 4 is 6.98 Å². The average molecular weight is 233 g/mol. The molecule has 2 unspecified atom stereocenters. The Morgan fingerprint density at radius 1 is 1.36 bits per heavy atom. The first-order valence-electron chi connectivity index (χ1n) is 4.54. The van der Waals surface area contributed by atoms with Crippen molar-refractivity contribution in [3.05, 3.63) is 0 Å². The number of halogens is 3. The van der Waals surface area contributed by atoms with Crippen LogP contribution in [-0.4, -0.2) is 33.3 Å². The van der Waals surface area contributed by atoms with Crippen LogP contribution in [0.25, 0.3) is 0 Å². The van der Waals surface area contributed by atoms with E-state index in [0.717, 1.165) is 0 Å². The standard InChI is InChI=1S/C7H12BF3NO.K/c9-8(10,11)7-1-2-13-4-6(7)3-12-5-7;/h6,12H,1-5H2;/q-1;+1. The summed E-state index contributed by atoms with van der Waals surface area (Å²) in [5, 5.41) is 1.38. The van der Waals surface area contributed by atoms with Crippen LogP contribution in [0.1, 0.15) is 6.42 Å². The monoisotopic (exact) mass is 233 g/mol. The van der Waals surface area contributed by atoms with Gasteiger partial charge in [-0.2, -0.15) is 0 Å². The fraction of sp³-hybridized carbons (Fsp3) is 1.00. The zero-order chi connectivity index (χ0) is 9.53. The maximum absolute atomic E-state index is 12.9. The minimum Gasteiger partial charge on any atom is -0.448 e. The van der Waals surface area contributed by atoms with Crippen molar-refractivity contribution in [1.82, 2.24) is 5.32 Å². The van der Waals surface area contributed by atoms with Crippen LogP contribution in [0.5, 0.6) is 0 Å². The number of hydrogen-bond acceptors (Lipinski definition) is 2. The van der Waals surface area contributed by atoms with Gasteiger partial charge in [-0.25, -0.2) is 0 Å². The molecule has 1 N–H and O–H groups in total. The molecule has 2 rings (SSSR count). The molecule has 0 radical (unpaired) electrons. The maximum Gasteiger partial charge on any atom is 1.00 e. The Hall–Kier alpha value is 1.41. The van der Waals surface area contributed by atoms with Crippen molar-refractivity contribution < 1.29 is 69.1 Å². The Morgan fingerprint density at radius 3 is 2.64 bits per heavy atom. The second kappa shape index (κ2) is 4.73. The van der Waals surface area contributed by atoms with Crippen LogP contribution in [0.2, 0.25) is 5.31 Å². The summed E-state index contributed by atoms with van der Waals surface area (Å²) in [4.78, 5) is 0. The van der Waals surface area contributed by atoms with Crippen LogP contribution < -0.4 is 56.7 Å². The molecule has 0 aromatic carbocycles. The number of ether oxygens (including phenoxy) is 1. The van der Waals surface area contributed by atoms with Crippen molar-refractivity contribution in [2.45, 2.75) is 11.7 Å². The number of hydrogen-bond donors (Lipinski definition) is 1. The molecule has 0 aromatic heterocycles. The van der Waals surface area contributed by atoms with Gasteiger partial charge in [-0.05, 0) is 30.7 Å². The molecule has 7 heteroatoms. The zero-order valence-electron chi connectivity index (χ0n) is 8.23.